The van der Waals surface area contributed by atoms with Gasteiger partial charge in [0.25, 0.3) is 5.91 Å². The summed E-state index contributed by atoms with van der Waals surface area (Å²) in [6, 6.07) is 15.1. The summed E-state index contributed by atoms with van der Waals surface area (Å²) >= 11 is 1.15. The van der Waals surface area contributed by atoms with Crippen LogP contribution < -0.4 is 21.2 Å². The number of thioether (sulfide) groups is 1. The number of hydrogen-bond acceptors (Lipinski definition) is 7. The van der Waals surface area contributed by atoms with Gasteiger partial charge in [0.1, 0.15) is 12.4 Å². The molecule has 10 heteroatoms. The van der Waals surface area contributed by atoms with Gasteiger partial charge in [-0.25, -0.2) is 4.68 Å². The molecule has 1 aromatic heterocycles. The van der Waals surface area contributed by atoms with Gasteiger partial charge < -0.3 is 21.2 Å². The zero-order valence-corrected chi connectivity index (χ0v) is 20.0. The number of nitrogens with one attached hydrogen (secondary N) is 2. The van der Waals surface area contributed by atoms with Crippen LogP contribution in [0, 0.1) is 0 Å². The van der Waals surface area contributed by atoms with Crippen molar-refractivity contribution in [1.29, 1.82) is 0 Å². The van der Waals surface area contributed by atoms with Gasteiger partial charge in [0, 0.05) is 6.04 Å². The minimum absolute atomic E-state index is 0.0609. The monoisotopic (exact) mass is 480 g/mol. The van der Waals surface area contributed by atoms with E-state index in [0.29, 0.717) is 33.9 Å². The number of carbonyl (C=O) groups excluding carboxylic acids is 2. The van der Waals surface area contributed by atoms with Crippen LogP contribution in [0.2, 0.25) is 0 Å². The van der Waals surface area contributed by atoms with Crippen molar-refractivity contribution in [3.05, 3.63) is 65.5 Å². The molecule has 1 saturated carbocycles. The van der Waals surface area contributed by atoms with E-state index in [1.165, 1.54) is 10.2 Å². The lowest BCUT2D eigenvalue weighted by Gasteiger charge is -2.11. The highest BCUT2D eigenvalue weighted by Gasteiger charge is 2.25. The molecule has 4 N–H and O–H groups in total. The summed E-state index contributed by atoms with van der Waals surface area (Å²) in [5.41, 5.74) is 2.14. The molecule has 0 bridgehead atoms. The van der Waals surface area contributed by atoms with E-state index in [-0.39, 0.29) is 30.2 Å². The van der Waals surface area contributed by atoms with Crippen LogP contribution in [0.5, 0.6) is 5.75 Å². The Labute approximate surface area is 202 Å². The number of aromatic nitrogens is 3. The first-order chi connectivity index (χ1) is 16.4. The number of ether oxygens (including phenoxy) is 1. The number of hydrogen-bond donors (Lipinski definition) is 3. The molecule has 0 saturated heterocycles. The Morgan fingerprint density at radius 3 is 2.59 bits per heavy atom. The van der Waals surface area contributed by atoms with Gasteiger partial charge in [0.2, 0.25) is 11.1 Å². The smallest absolute Gasteiger partial charge is 0.253 e. The van der Waals surface area contributed by atoms with E-state index in [0.717, 1.165) is 24.6 Å². The molecule has 3 aromatic rings. The molecule has 1 fully saturated rings. The highest BCUT2D eigenvalue weighted by molar-refractivity contribution is 7.99. The SMILES string of the molecule is CC(C)c1ccc(OCc2nnc(SCC(=O)Nc3ccccc3C(=O)NC3CC3)n2N)cc1. The van der Waals surface area contributed by atoms with Gasteiger partial charge >= 0.3 is 0 Å². The zero-order valence-electron chi connectivity index (χ0n) is 19.2. The maximum absolute atomic E-state index is 12.5. The third-order valence-electron chi connectivity index (χ3n) is 5.34. The molecule has 0 spiro atoms. The molecule has 9 nitrogen and oxygen atoms in total. The van der Waals surface area contributed by atoms with Gasteiger partial charge in [0.05, 0.1) is 17.0 Å². The average molecular weight is 481 g/mol. The molecule has 178 valence electrons. The van der Waals surface area contributed by atoms with E-state index in [2.05, 4.69) is 34.7 Å². The molecular formula is C24H28N6O3S. The number of amides is 2. The molecule has 34 heavy (non-hydrogen) atoms. The molecular weight excluding hydrogens is 452 g/mol. The van der Waals surface area contributed by atoms with E-state index < -0.39 is 0 Å². The lowest BCUT2D eigenvalue weighted by atomic mass is 10.0. The van der Waals surface area contributed by atoms with Crippen molar-refractivity contribution >= 4 is 29.3 Å². The standard InChI is InChI=1S/C24H28N6O3S/c1-15(2)16-7-11-18(12-8-16)33-13-21-28-29-24(30(21)25)34-14-22(31)27-20-6-4-3-5-19(20)23(32)26-17-9-10-17/h3-8,11-12,15,17H,9-10,13-14,25H2,1-2H3,(H,26,32)(H,27,31). The first kappa shape index (κ1) is 23.6. The minimum atomic E-state index is -0.275. The molecule has 1 aliphatic carbocycles. The van der Waals surface area contributed by atoms with E-state index in [4.69, 9.17) is 10.6 Å². The lowest BCUT2D eigenvalue weighted by molar-refractivity contribution is -0.113. The van der Waals surface area contributed by atoms with E-state index in [9.17, 15) is 9.59 Å². The second-order valence-corrected chi connectivity index (χ2v) is 9.35. The Kier molecular flexibility index (Phi) is 7.36. The molecule has 2 aromatic carbocycles. The fraction of sp³-hybridized carbons (Fsp3) is 0.333. The Balaban J connectivity index is 1.29. The van der Waals surface area contributed by atoms with Crippen LogP contribution in [0.15, 0.2) is 53.7 Å². The molecule has 1 aliphatic rings. The number of carbonyl (C=O) groups is 2. The van der Waals surface area contributed by atoms with Gasteiger partial charge in [-0.15, -0.1) is 10.2 Å². The van der Waals surface area contributed by atoms with Gasteiger partial charge in [-0.3, -0.25) is 9.59 Å². The molecule has 0 atom stereocenters. The molecule has 4 rings (SSSR count). The van der Waals surface area contributed by atoms with Crippen molar-refractivity contribution in [3.8, 4) is 5.75 Å². The zero-order chi connectivity index (χ0) is 24.1. The number of nitrogen functional groups attached to an aromatic ring is 1. The van der Waals surface area contributed by atoms with Crippen molar-refractivity contribution < 1.29 is 14.3 Å². The number of rotatable bonds is 10. The third kappa shape index (κ3) is 6.07. The third-order valence-corrected chi connectivity index (χ3v) is 6.28. The van der Waals surface area contributed by atoms with Gasteiger partial charge in [-0.05, 0) is 48.6 Å². The number of para-hydroxylation sites is 1. The van der Waals surface area contributed by atoms with Crippen LogP contribution in [0.4, 0.5) is 5.69 Å². The van der Waals surface area contributed by atoms with Crippen molar-refractivity contribution in [1.82, 2.24) is 20.2 Å². The van der Waals surface area contributed by atoms with Crippen LogP contribution in [-0.2, 0) is 11.4 Å². The normalized spacial score (nSPS) is 13.0. The summed E-state index contributed by atoms with van der Waals surface area (Å²) in [7, 11) is 0. The Hall–Kier alpha value is -3.53. The molecule has 1 heterocycles. The summed E-state index contributed by atoms with van der Waals surface area (Å²) in [4.78, 5) is 24.9. The van der Waals surface area contributed by atoms with Gasteiger partial charge in [-0.1, -0.05) is 49.9 Å². The maximum atomic E-state index is 12.5. The highest BCUT2D eigenvalue weighted by Crippen LogP contribution is 2.23. The number of benzene rings is 2. The fourth-order valence-corrected chi connectivity index (χ4v) is 3.87. The lowest BCUT2D eigenvalue weighted by Crippen LogP contribution is -2.27. The molecule has 0 unspecified atom stereocenters. The van der Waals surface area contributed by atoms with Crippen LogP contribution in [-0.4, -0.2) is 38.5 Å². The topological polar surface area (TPSA) is 124 Å². The van der Waals surface area contributed by atoms with Crippen molar-refractivity contribution in [2.75, 3.05) is 16.9 Å². The summed E-state index contributed by atoms with van der Waals surface area (Å²) < 4.78 is 7.08. The van der Waals surface area contributed by atoms with Gasteiger partial charge in [0.15, 0.2) is 5.82 Å². The van der Waals surface area contributed by atoms with Crippen LogP contribution in [0.3, 0.4) is 0 Å². The predicted octanol–water partition coefficient (Wildman–Crippen LogP) is 3.32. The average Bonchev–Trinajstić information content (AvgIpc) is 3.58. The number of nitrogens with zero attached hydrogens (tertiary/aromatic N) is 3. The molecule has 2 amide bonds. The Morgan fingerprint density at radius 1 is 1.15 bits per heavy atom. The fourth-order valence-electron chi connectivity index (χ4n) is 3.20. The van der Waals surface area contributed by atoms with E-state index in [1.54, 1.807) is 24.3 Å². The highest BCUT2D eigenvalue weighted by atomic mass is 32.2. The van der Waals surface area contributed by atoms with Crippen molar-refractivity contribution in [2.45, 2.75) is 50.4 Å². The van der Waals surface area contributed by atoms with Crippen LogP contribution in [0.1, 0.15) is 54.4 Å². The molecule has 0 radical (unpaired) electrons. The van der Waals surface area contributed by atoms with E-state index >= 15 is 0 Å². The second kappa shape index (κ2) is 10.6. The number of nitrogens with two attached hydrogens (primary N) is 1. The first-order valence-electron chi connectivity index (χ1n) is 11.2. The van der Waals surface area contributed by atoms with E-state index in [1.807, 2.05) is 24.3 Å². The van der Waals surface area contributed by atoms with Gasteiger partial charge in [-0.2, -0.15) is 0 Å². The van der Waals surface area contributed by atoms with Crippen molar-refractivity contribution in [3.63, 3.8) is 0 Å². The van der Waals surface area contributed by atoms with Crippen LogP contribution in [0.25, 0.3) is 0 Å². The second-order valence-electron chi connectivity index (χ2n) is 8.41. The maximum Gasteiger partial charge on any atom is 0.253 e. The van der Waals surface area contributed by atoms with Crippen LogP contribution >= 0.6 is 11.8 Å². The van der Waals surface area contributed by atoms with Crippen molar-refractivity contribution in [2.24, 2.45) is 0 Å². The number of anilines is 1. The quantitative estimate of drug-likeness (QED) is 0.300. The summed E-state index contributed by atoms with van der Waals surface area (Å²) in [6.07, 6.45) is 1.99. The first-order valence-corrected chi connectivity index (χ1v) is 12.1. The predicted molar refractivity (Wildman–Crippen MR) is 131 cm³/mol. The molecule has 0 aliphatic heterocycles. The summed E-state index contributed by atoms with van der Waals surface area (Å²) in [6.45, 7) is 4.43. The summed E-state index contributed by atoms with van der Waals surface area (Å²) in [5, 5.41) is 14.3. The largest absolute Gasteiger partial charge is 0.486 e. The Bertz CT molecular complexity index is 1160. The minimum Gasteiger partial charge on any atom is -0.486 e. The Morgan fingerprint density at radius 2 is 1.88 bits per heavy atom. The summed E-state index contributed by atoms with van der Waals surface area (Å²) in [5.74, 6) is 7.30.